The predicted molar refractivity (Wildman–Crippen MR) is 66.9 cm³/mol. The monoisotopic (exact) mass is 256 g/mol. The first-order valence-electron chi connectivity index (χ1n) is 6.99. The van der Waals surface area contributed by atoms with Crippen molar-refractivity contribution in [1.82, 2.24) is 0 Å². The Labute approximate surface area is 109 Å². The van der Waals surface area contributed by atoms with E-state index in [4.69, 9.17) is 14.2 Å². The molecule has 2 fully saturated rings. The van der Waals surface area contributed by atoms with Gasteiger partial charge in [0.25, 0.3) is 0 Å². The highest BCUT2D eigenvalue weighted by Crippen LogP contribution is 2.49. The second-order valence-electron chi connectivity index (χ2n) is 5.53. The molecule has 2 aliphatic rings. The molecule has 0 amide bonds. The predicted octanol–water partition coefficient (Wildman–Crippen LogP) is 2.36. The zero-order valence-electron chi connectivity index (χ0n) is 11.4. The number of carbonyl (C=O) groups excluding carboxylic acids is 1. The fraction of sp³-hybridized carbons (Fsp3) is 0.929. The van der Waals surface area contributed by atoms with Crippen LogP contribution in [0.5, 0.6) is 0 Å². The summed E-state index contributed by atoms with van der Waals surface area (Å²) in [5.74, 6) is 2.18. The quantitative estimate of drug-likeness (QED) is 0.398. The molecule has 2 rings (SSSR count). The van der Waals surface area contributed by atoms with E-state index >= 15 is 0 Å². The maximum atomic E-state index is 11.7. The van der Waals surface area contributed by atoms with Crippen LogP contribution in [0.25, 0.3) is 0 Å². The number of rotatable bonds is 7. The Balaban J connectivity index is 1.55. The van der Waals surface area contributed by atoms with Gasteiger partial charge in [-0.2, -0.15) is 0 Å². The molecule has 0 heterocycles. The van der Waals surface area contributed by atoms with Crippen LogP contribution in [0.1, 0.15) is 39.0 Å². The second kappa shape index (κ2) is 6.53. The molecule has 4 nitrogen and oxygen atoms in total. The lowest BCUT2D eigenvalue weighted by molar-refractivity contribution is -0.153. The van der Waals surface area contributed by atoms with Crippen molar-refractivity contribution < 1.29 is 19.0 Å². The summed E-state index contributed by atoms with van der Waals surface area (Å²) < 4.78 is 15.4. The molecule has 0 aromatic carbocycles. The van der Waals surface area contributed by atoms with Gasteiger partial charge in [-0.15, -0.1) is 0 Å². The largest absolute Gasteiger partial charge is 0.463 e. The van der Waals surface area contributed by atoms with Crippen LogP contribution in [0.15, 0.2) is 0 Å². The summed E-state index contributed by atoms with van der Waals surface area (Å²) >= 11 is 0. The topological polar surface area (TPSA) is 44.8 Å². The average molecular weight is 256 g/mol. The van der Waals surface area contributed by atoms with Crippen LogP contribution >= 0.6 is 0 Å². The van der Waals surface area contributed by atoms with Gasteiger partial charge in [0, 0.05) is 13.5 Å². The van der Waals surface area contributed by atoms with Gasteiger partial charge in [0.15, 0.2) is 6.29 Å². The van der Waals surface area contributed by atoms with E-state index in [1.807, 2.05) is 6.92 Å². The minimum absolute atomic E-state index is 0.0683. The highest BCUT2D eigenvalue weighted by atomic mass is 16.7. The van der Waals surface area contributed by atoms with E-state index in [-0.39, 0.29) is 12.3 Å². The first-order valence-corrected chi connectivity index (χ1v) is 6.99. The Hall–Kier alpha value is -0.610. The molecule has 0 saturated heterocycles. The minimum Gasteiger partial charge on any atom is -0.463 e. The van der Waals surface area contributed by atoms with Crippen LogP contribution in [0.3, 0.4) is 0 Å². The standard InChI is InChI=1S/C14H24O4/c1-10(16-2)17-5-6-18-14(15)9-13-8-11-3-4-12(13)7-11/h10-13H,3-9H2,1-2H3. The first kappa shape index (κ1) is 13.8. The van der Waals surface area contributed by atoms with Crippen LogP contribution in [0.4, 0.5) is 0 Å². The molecule has 0 aliphatic heterocycles. The van der Waals surface area contributed by atoms with Crippen LogP contribution < -0.4 is 0 Å². The lowest BCUT2D eigenvalue weighted by Crippen LogP contribution is -2.20. The van der Waals surface area contributed by atoms with Gasteiger partial charge in [-0.25, -0.2) is 0 Å². The number of hydrogen-bond donors (Lipinski definition) is 0. The molecule has 104 valence electrons. The van der Waals surface area contributed by atoms with Gasteiger partial charge in [0.05, 0.1) is 6.61 Å². The van der Waals surface area contributed by atoms with Crippen molar-refractivity contribution in [3.8, 4) is 0 Å². The summed E-state index contributed by atoms with van der Waals surface area (Å²) in [6, 6.07) is 0. The number of methoxy groups -OCH3 is 1. The summed E-state index contributed by atoms with van der Waals surface area (Å²) in [5, 5.41) is 0. The molecule has 2 bridgehead atoms. The molecule has 0 aromatic rings. The fourth-order valence-corrected chi connectivity index (χ4v) is 3.34. The third-order valence-electron chi connectivity index (χ3n) is 4.34. The average Bonchev–Trinajstić information content (AvgIpc) is 2.96. The summed E-state index contributed by atoms with van der Waals surface area (Å²) in [6.45, 7) is 2.54. The lowest BCUT2D eigenvalue weighted by atomic mass is 9.86. The van der Waals surface area contributed by atoms with E-state index in [1.165, 1.54) is 25.7 Å². The van der Waals surface area contributed by atoms with Crippen LogP contribution in [-0.4, -0.2) is 32.6 Å². The molecular formula is C14H24O4. The molecule has 0 radical (unpaired) electrons. The van der Waals surface area contributed by atoms with Gasteiger partial charge < -0.3 is 14.2 Å². The zero-order chi connectivity index (χ0) is 13.0. The van der Waals surface area contributed by atoms with Gasteiger partial charge in [0.2, 0.25) is 0 Å². The van der Waals surface area contributed by atoms with Crippen molar-refractivity contribution in [2.24, 2.45) is 17.8 Å². The Kier molecular flexibility index (Phi) is 5.01. The molecule has 0 spiro atoms. The Morgan fingerprint density at radius 3 is 2.72 bits per heavy atom. The molecule has 0 N–H and O–H groups in total. The van der Waals surface area contributed by atoms with E-state index in [1.54, 1.807) is 7.11 Å². The molecule has 2 saturated carbocycles. The SMILES string of the molecule is COC(C)OCCOC(=O)CC1CC2CCC1C2. The maximum absolute atomic E-state index is 11.7. The first-order chi connectivity index (χ1) is 8.69. The van der Waals surface area contributed by atoms with Crippen molar-refractivity contribution in [2.75, 3.05) is 20.3 Å². The minimum atomic E-state index is -0.241. The number of fused-ring (bicyclic) bond motifs is 2. The van der Waals surface area contributed by atoms with E-state index in [0.717, 1.165) is 11.8 Å². The van der Waals surface area contributed by atoms with Gasteiger partial charge in [-0.1, -0.05) is 6.42 Å². The molecule has 4 heteroatoms. The molecule has 4 atom stereocenters. The lowest BCUT2D eigenvalue weighted by Gasteiger charge is -2.20. The normalized spacial score (nSPS) is 31.6. The highest BCUT2D eigenvalue weighted by Gasteiger charge is 2.40. The Bertz CT molecular complexity index is 279. The highest BCUT2D eigenvalue weighted by molar-refractivity contribution is 5.69. The van der Waals surface area contributed by atoms with Crippen LogP contribution in [-0.2, 0) is 19.0 Å². The number of hydrogen-bond acceptors (Lipinski definition) is 4. The summed E-state index contributed by atoms with van der Waals surface area (Å²) in [7, 11) is 1.59. The van der Waals surface area contributed by atoms with Crippen molar-refractivity contribution in [2.45, 2.75) is 45.3 Å². The maximum Gasteiger partial charge on any atom is 0.306 e. The van der Waals surface area contributed by atoms with E-state index in [2.05, 4.69) is 0 Å². The molecule has 4 unspecified atom stereocenters. The van der Waals surface area contributed by atoms with E-state index in [0.29, 0.717) is 25.6 Å². The van der Waals surface area contributed by atoms with Gasteiger partial charge in [-0.05, 0) is 43.9 Å². The van der Waals surface area contributed by atoms with E-state index < -0.39 is 0 Å². The van der Waals surface area contributed by atoms with Crippen molar-refractivity contribution >= 4 is 5.97 Å². The van der Waals surface area contributed by atoms with Crippen molar-refractivity contribution in [3.63, 3.8) is 0 Å². The molecule has 0 aromatic heterocycles. The fourth-order valence-electron chi connectivity index (χ4n) is 3.34. The number of ether oxygens (including phenoxy) is 3. The van der Waals surface area contributed by atoms with Crippen molar-refractivity contribution in [1.29, 1.82) is 0 Å². The van der Waals surface area contributed by atoms with E-state index in [9.17, 15) is 4.79 Å². The Morgan fingerprint density at radius 2 is 2.11 bits per heavy atom. The zero-order valence-corrected chi connectivity index (χ0v) is 11.4. The van der Waals surface area contributed by atoms with Crippen molar-refractivity contribution in [3.05, 3.63) is 0 Å². The van der Waals surface area contributed by atoms with Crippen LogP contribution in [0.2, 0.25) is 0 Å². The van der Waals surface area contributed by atoms with Gasteiger partial charge >= 0.3 is 5.97 Å². The summed E-state index contributed by atoms with van der Waals surface area (Å²) in [6.07, 6.45) is 5.62. The van der Waals surface area contributed by atoms with Crippen LogP contribution in [0, 0.1) is 17.8 Å². The summed E-state index contributed by atoms with van der Waals surface area (Å²) in [5.41, 5.74) is 0. The Morgan fingerprint density at radius 1 is 1.28 bits per heavy atom. The molecule has 18 heavy (non-hydrogen) atoms. The van der Waals surface area contributed by atoms with Gasteiger partial charge in [-0.3, -0.25) is 4.79 Å². The number of esters is 1. The second-order valence-corrected chi connectivity index (χ2v) is 5.53. The third kappa shape index (κ3) is 3.69. The smallest absolute Gasteiger partial charge is 0.306 e. The van der Waals surface area contributed by atoms with Gasteiger partial charge in [0.1, 0.15) is 6.61 Å². The molecule has 2 aliphatic carbocycles. The summed E-state index contributed by atoms with van der Waals surface area (Å²) in [4.78, 5) is 11.7. The molecular weight excluding hydrogens is 232 g/mol. The third-order valence-corrected chi connectivity index (χ3v) is 4.34. The number of carbonyl (C=O) groups is 1.